The Morgan fingerprint density at radius 1 is 1.20 bits per heavy atom. The third kappa shape index (κ3) is 1.66. The number of para-hydroxylation sites is 1. The summed E-state index contributed by atoms with van der Waals surface area (Å²) in [5.74, 6) is 0. The van der Waals surface area contributed by atoms with Crippen molar-refractivity contribution in [3.8, 4) is 0 Å². The van der Waals surface area contributed by atoms with Gasteiger partial charge in [0.05, 0.1) is 5.54 Å². The molecule has 1 aromatic rings. The number of piperidine rings is 1. The predicted octanol–water partition coefficient (Wildman–Crippen LogP) is 2.00. The lowest BCUT2D eigenvalue weighted by molar-refractivity contribution is 0.112. The number of nitrogens with zero attached hydrogens (tertiary/aromatic N) is 2. The van der Waals surface area contributed by atoms with E-state index in [0.29, 0.717) is 0 Å². The van der Waals surface area contributed by atoms with Gasteiger partial charge in [-0.25, -0.2) is 0 Å². The molecule has 3 heteroatoms. The number of nitrogens with two attached hydrogens (primary N) is 1. The van der Waals surface area contributed by atoms with E-state index in [1.165, 1.54) is 43.4 Å². The highest BCUT2D eigenvalue weighted by Crippen LogP contribution is 2.45. The number of hydrogen-bond acceptors (Lipinski definition) is 3. The van der Waals surface area contributed by atoms with Crippen LogP contribution in [0.4, 0.5) is 5.69 Å². The van der Waals surface area contributed by atoms with Crippen LogP contribution in [0.15, 0.2) is 24.3 Å². The molecule has 108 valence electrons. The number of benzene rings is 1. The quantitative estimate of drug-likeness (QED) is 0.893. The molecule has 0 aliphatic carbocycles. The summed E-state index contributed by atoms with van der Waals surface area (Å²) < 4.78 is 0. The number of fused-ring (bicyclic) bond motifs is 3. The molecule has 2 N–H and O–H groups in total. The lowest BCUT2D eigenvalue weighted by Gasteiger charge is -2.51. The second-order valence-corrected chi connectivity index (χ2v) is 6.92. The first-order valence-corrected chi connectivity index (χ1v) is 8.01. The Morgan fingerprint density at radius 3 is 2.60 bits per heavy atom. The van der Waals surface area contributed by atoms with Gasteiger partial charge in [-0.05, 0) is 50.8 Å². The first kappa shape index (κ1) is 12.7. The molecule has 2 saturated heterocycles. The molecule has 3 nitrogen and oxygen atoms in total. The highest BCUT2D eigenvalue weighted by atomic mass is 15.3. The molecule has 2 bridgehead atoms. The second-order valence-electron chi connectivity index (χ2n) is 6.92. The highest BCUT2D eigenvalue weighted by molar-refractivity contribution is 5.60. The molecule has 0 radical (unpaired) electrons. The number of rotatable bonds is 2. The molecule has 3 heterocycles. The van der Waals surface area contributed by atoms with Crippen LogP contribution in [-0.2, 0) is 6.42 Å². The minimum Gasteiger partial charge on any atom is -0.364 e. The van der Waals surface area contributed by atoms with Crippen molar-refractivity contribution in [3.05, 3.63) is 29.8 Å². The molecular weight excluding hydrogens is 246 g/mol. The van der Waals surface area contributed by atoms with Gasteiger partial charge in [-0.2, -0.15) is 0 Å². The van der Waals surface area contributed by atoms with Crippen LogP contribution in [0.2, 0.25) is 0 Å². The minimum atomic E-state index is 0.199. The SMILES string of the molecule is CN1C2CCC1CC(CN)(N1CCc3ccccc31)C2. The van der Waals surface area contributed by atoms with Crippen molar-refractivity contribution >= 4 is 5.69 Å². The molecule has 0 spiro atoms. The molecule has 2 atom stereocenters. The van der Waals surface area contributed by atoms with E-state index in [4.69, 9.17) is 5.73 Å². The van der Waals surface area contributed by atoms with Crippen molar-refractivity contribution < 1.29 is 0 Å². The molecule has 1 aromatic carbocycles. The maximum absolute atomic E-state index is 6.31. The van der Waals surface area contributed by atoms with E-state index in [-0.39, 0.29) is 5.54 Å². The van der Waals surface area contributed by atoms with Crippen molar-refractivity contribution in [3.63, 3.8) is 0 Å². The normalized spacial score (nSPS) is 36.4. The molecule has 2 fully saturated rings. The van der Waals surface area contributed by atoms with Gasteiger partial charge >= 0.3 is 0 Å². The first-order valence-electron chi connectivity index (χ1n) is 8.01. The summed E-state index contributed by atoms with van der Waals surface area (Å²) in [5, 5.41) is 0. The fourth-order valence-corrected chi connectivity index (χ4v) is 4.87. The average molecular weight is 271 g/mol. The van der Waals surface area contributed by atoms with Crippen LogP contribution in [0.5, 0.6) is 0 Å². The smallest absolute Gasteiger partial charge is 0.0554 e. The standard InChI is InChI=1S/C17H25N3/c1-19-14-6-7-15(19)11-17(10-14,12-18)20-9-8-13-4-2-3-5-16(13)20/h2-5,14-15H,6-12,18H2,1H3. The summed E-state index contributed by atoms with van der Waals surface area (Å²) in [6.45, 7) is 1.95. The topological polar surface area (TPSA) is 32.5 Å². The number of hydrogen-bond donors (Lipinski definition) is 1. The van der Waals surface area contributed by atoms with E-state index in [1.807, 2.05) is 0 Å². The van der Waals surface area contributed by atoms with Gasteiger partial charge in [0, 0.05) is 30.9 Å². The van der Waals surface area contributed by atoms with Crippen LogP contribution in [-0.4, -0.2) is 42.7 Å². The van der Waals surface area contributed by atoms with Crippen molar-refractivity contribution in [2.24, 2.45) is 5.73 Å². The van der Waals surface area contributed by atoms with Gasteiger partial charge in [0.25, 0.3) is 0 Å². The molecule has 0 saturated carbocycles. The zero-order valence-corrected chi connectivity index (χ0v) is 12.4. The fourth-order valence-electron chi connectivity index (χ4n) is 4.87. The third-order valence-corrected chi connectivity index (χ3v) is 6.06. The molecule has 2 unspecified atom stereocenters. The minimum absolute atomic E-state index is 0.199. The van der Waals surface area contributed by atoms with E-state index in [1.54, 1.807) is 0 Å². The third-order valence-electron chi connectivity index (χ3n) is 6.06. The first-order chi connectivity index (χ1) is 9.73. The van der Waals surface area contributed by atoms with E-state index in [9.17, 15) is 0 Å². The molecule has 20 heavy (non-hydrogen) atoms. The predicted molar refractivity (Wildman–Crippen MR) is 83.1 cm³/mol. The Bertz CT molecular complexity index is 499. The van der Waals surface area contributed by atoms with Crippen LogP contribution in [0.25, 0.3) is 0 Å². The van der Waals surface area contributed by atoms with E-state index >= 15 is 0 Å². The van der Waals surface area contributed by atoms with Crippen molar-refractivity contribution in [2.45, 2.75) is 49.7 Å². The Labute approximate surface area is 121 Å². The lowest BCUT2D eigenvalue weighted by Crippen LogP contribution is -2.61. The van der Waals surface area contributed by atoms with Crippen molar-refractivity contribution in [1.29, 1.82) is 0 Å². The van der Waals surface area contributed by atoms with Crippen LogP contribution >= 0.6 is 0 Å². The molecule has 0 aromatic heterocycles. The lowest BCUT2D eigenvalue weighted by atomic mass is 9.81. The summed E-state index contributed by atoms with van der Waals surface area (Å²) in [5.41, 5.74) is 9.46. The van der Waals surface area contributed by atoms with E-state index in [0.717, 1.165) is 25.2 Å². The summed E-state index contributed by atoms with van der Waals surface area (Å²) in [6, 6.07) is 10.4. The number of anilines is 1. The molecule has 3 aliphatic heterocycles. The second kappa shape index (κ2) is 4.47. The van der Waals surface area contributed by atoms with E-state index in [2.05, 4.69) is 41.1 Å². The van der Waals surface area contributed by atoms with Crippen LogP contribution in [0.3, 0.4) is 0 Å². The average Bonchev–Trinajstić information content (AvgIpc) is 2.98. The summed E-state index contributed by atoms with van der Waals surface area (Å²) in [7, 11) is 2.31. The summed E-state index contributed by atoms with van der Waals surface area (Å²) in [6.07, 6.45) is 6.38. The van der Waals surface area contributed by atoms with Gasteiger partial charge < -0.3 is 15.5 Å². The molecule has 3 aliphatic rings. The Hall–Kier alpha value is -1.06. The van der Waals surface area contributed by atoms with Gasteiger partial charge in [0.15, 0.2) is 0 Å². The van der Waals surface area contributed by atoms with Gasteiger partial charge in [0.2, 0.25) is 0 Å². The Balaban J connectivity index is 1.70. The van der Waals surface area contributed by atoms with Crippen LogP contribution in [0, 0.1) is 0 Å². The maximum atomic E-state index is 6.31. The molecular formula is C17H25N3. The van der Waals surface area contributed by atoms with Crippen LogP contribution < -0.4 is 10.6 Å². The van der Waals surface area contributed by atoms with Crippen molar-refractivity contribution in [2.75, 3.05) is 25.0 Å². The highest BCUT2D eigenvalue weighted by Gasteiger charge is 2.50. The van der Waals surface area contributed by atoms with Gasteiger partial charge in [-0.15, -0.1) is 0 Å². The molecule has 0 amide bonds. The van der Waals surface area contributed by atoms with Gasteiger partial charge in [-0.3, -0.25) is 0 Å². The zero-order valence-electron chi connectivity index (χ0n) is 12.4. The zero-order chi connectivity index (χ0) is 13.7. The largest absolute Gasteiger partial charge is 0.364 e. The summed E-state index contributed by atoms with van der Waals surface area (Å²) >= 11 is 0. The van der Waals surface area contributed by atoms with Crippen molar-refractivity contribution in [1.82, 2.24) is 4.90 Å². The maximum Gasteiger partial charge on any atom is 0.0554 e. The fraction of sp³-hybridized carbons (Fsp3) is 0.647. The van der Waals surface area contributed by atoms with Crippen LogP contribution in [0.1, 0.15) is 31.2 Å². The summed E-state index contributed by atoms with van der Waals surface area (Å²) in [4.78, 5) is 5.26. The van der Waals surface area contributed by atoms with Gasteiger partial charge in [-0.1, -0.05) is 18.2 Å². The van der Waals surface area contributed by atoms with E-state index < -0.39 is 0 Å². The Morgan fingerprint density at radius 2 is 1.90 bits per heavy atom. The van der Waals surface area contributed by atoms with Gasteiger partial charge in [0.1, 0.15) is 0 Å². The Kier molecular flexibility index (Phi) is 2.83. The molecule has 4 rings (SSSR count). The monoisotopic (exact) mass is 271 g/mol.